The van der Waals surface area contributed by atoms with Crippen LogP contribution in [-0.2, 0) is 9.84 Å². The van der Waals surface area contributed by atoms with Crippen molar-refractivity contribution in [1.82, 2.24) is 0 Å². The van der Waals surface area contributed by atoms with E-state index in [1.807, 2.05) is 0 Å². The summed E-state index contributed by atoms with van der Waals surface area (Å²) in [6.07, 6.45) is 1.49. The van der Waals surface area contributed by atoms with Gasteiger partial charge in [-0.1, -0.05) is 17.7 Å². The monoisotopic (exact) mass is 243 g/mol. The Morgan fingerprint density at radius 3 is 2.73 bits per heavy atom. The van der Waals surface area contributed by atoms with Crippen LogP contribution in [0.4, 0.5) is 5.69 Å². The van der Waals surface area contributed by atoms with Crippen molar-refractivity contribution in [1.29, 1.82) is 0 Å². The third-order valence-corrected chi connectivity index (χ3v) is 6.31. The SMILES string of the molecule is O=S1(=O)c2c(Cl)cccc2NCC12CC2. The van der Waals surface area contributed by atoms with Crippen LogP contribution in [-0.4, -0.2) is 19.7 Å². The number of fused-ring (bicyclic) bond motifs is 1. The minimum absolute atomic E-state index is 0.287. The summed E-state index contributed by atoms with van der Waals surface area (Å²) in [6, 6.07) is 5.14. The number of rotatable bonds is 0. The van der Waals surface area contributed by atoms with Crippen molar-refractivity contribution in [3.05, 3.63) is 23.2 Å². The highest BCUT2D eigenvalue weighted by atomic mass is 35.5. The van der Waals surface area contributed by atoms with E-state index in [0.29, 0.717) is 17.3 Å². The first-order valence-electron chi connectivity index (χ1n) is 4.84. The van der Waals surface area contributed by atoms with E-state index < -0.39 is 14.6 Å². The fourth-order valence-electron chi connectivity index (χ4n) is 2.07. The molecule has 1 aliphatic heterocycles. The Kier molecular flexibility index (Phi) is 1.70. The lowest BCUT2D eigenvalue weighted by Crippen LogP contribution is -2.36. The van der Waals surface area contributed by atoms with Gasteiger partial charge in [-0.25, -0.2) is 8.42 Å². The first-order valence-corrected chi connectivity index (χ1v) is 6.70. The fourth-order valence-corrected chi connectivity index (χ4v) is 4.64. The Balaban J connectivity index is 2.32. The van der Waals surface area contributed by atoms with Gasteiger partial charge in [0, 0.05) is 6.54 Å². The molecule has 3 nitrogen and oxygen atoms in total. The van der Waals surface area contributed by atoms with Crippen LogP contribution in [0.5, 0.6) is 0 Å². The predicted octanol–water partition coefficient (Wildman–Crippen LogP) is 2.07. The van der Waals surface area contributed by atoms with Gasteiger partial charge < -0.3 is 5.32 Å². The maximum absolute atomic E-state index is 12.3. The van der Waals surface area contributed by atoms with Gasteiger partial charge in [-0.2, -0.15) is 0 Å². The van der Waals surface area contributed by atoms with Crippen molar-refractivity contribution in [2.24, 2.45) is 0 Å². The molecule has 0 amide bonds. The molecule has 1 saturated carbocycles. The van der Waals surface area contributed by atoms with E-state index in [2.05, 4.69) is 5.32 Å². The summed E-state index contributed by atoms with van der Waals surface area (Å²) < 4.78 is 24.0. The molecule has 1 fully saturated rings. The largest absolute Gasteiger partial charge is 0.382 e. The normalized spacial score (nSPS) is 24.3. The van der Waals surface area contributed by atoms with Gasteiger partial charge in [0.05, 0.1) is 15.5 Å². The standard InChI is InChI=1S/C10H10ClNO2S/c11-7-2-1-3-8-9(7)15(13,14)10(4-5-10)6-12-8/h1-3,12H,4-6H2. The molecule has 0 aromatic heterocycles. The molecule has 1 heterocycles. The Hall–Kier alpha value is -0.740. The van der Waals surface area contributed by atoms with Crippen LogP contribution >= 0.6 is 11.6 Å². The number of hydrogen-bond donors (Lipinski definition) is 1. The lowest BCUT2D eigenvalue weighted by atomic mass is 10.3. The summed E-state index contributed by atoms with van der Waals surface area (Å²) in [5.41, 5.74) is 0.639. The van der Waals surface area contributed by atoms with Gasteiger partial charge in [0.25, 0.3) is 0 Å². The van der Waals surface area contributed by atoms with Gasteiger partial charge in [0.1, 0.15) is 4.90 Å². The Labute approximate surface area is 93.4 Å². The molecular formula is C10H10ClNO2S. The van der Waals surface area contributed by atoms with E-state index in [1.165, 1.54) is 0 Å². The smallest absolute Gasteiger partial charge is 0.189 e. The minimum atomic E-state index is -3.23. The summed E-state index contributed by atoms with van der Waals surface area (Å²) in [5, 5.41) is 3.47. The molecule has 80 valence electrons. The predicted molar refractivity (Wildman–Crippen MR) is 59.1 cm³/mol. The average molecular weight is 244 g/mol. The highest BCUT2D eigenvalue weighted by molar-refractivity contribution is 7.93. The Morgan fingerprint density at radius 2 is 2.07 bits per heavy atom. The number of sulfone groups is 1. The quantitative estimate of drug-likeness (QED) is 0.759. The summed E-state index contributed by atoms with van der Waals surface area (Å²) in [7, 11) is -3.23. The molecule has 1 spiro atoms. The van der Waals surface area contributed by atoms with Crippen LogP contribution in [0.3, 0.4) is 0 Å². The summed E-state index contributed by atoms with van der Waals surface area (Å²) in [5.74, 6) is 0. The number of anilines is 1. The molecule has 2 aliphatic rings. The maximum atomic E-state index is 12.3. The molecule has 1 aromatic rings. The molecule has 15 heavy (non-hydrogen) atoms. The molecule has 5 heteroatoms. The van der Waals surface area contributed by atoms with E-state index in [0.717, 1.165) is 12.8 Å². The highest BCUT2D eigenvalue weighted by Crippen LogP contribution is 2.52. The van der Waals surface area contributed by atoms with E-state index in [-0.39, 0.29) is 4.90 Å². The van der Waals surface area contributed by atoms with Crippen molar-refractivity contribution in [2.75, 3.05) is 11.9 Å². The van der Waals surface area contributed by atoms with E-state index in [1.54, 1.807) is 18.2 Å². The van der Waals surface area contributed by atoms with Crippen molar-refractivity contribution in [3.8, 4) is 0 Å². The zero-order valence-corrected chi connectivity index (χ0v) is 9.53. The number of halogens is 1. The number of benzene rings is 1. The molecule has 0 unspecified atom stereocenters. The van der Waals surface area contributed by atoms with Crippen molar-refractivity contribution < 1.29 is 8.42 Å². The molecular weight excluding hydrogens is 234 g/mol. The van der Waals surface area contributed by atoms with E-state index in [9.17, 15) is 8.42 Å². The van der Waals surface area contributed by atoms with Crippen molar-refractivity contribution >= 4 is 27.1 Å². The molecule has 0 saturated heterocycles. The van der Waals surface area contributed by atoms with Gasteiger partial charge in [-0.05, 0) is 25.0 Å². The second-order valence-electron chi connectivity index (χ2n) is 4.16. The van der Waals surface area contributed by atoms with Gasteiger partial charge in [-0.3, -0.25) is 0 Å². The molecule has 1 N–H and O–H groups in total. The molecule has 0 radical (unpaired) electrons. The lowest BCUT2D eigenvalue weighted by molar-refractivity contribution is 0.576. The van der Waals surface area contributed by atoms with Gasteiger partial charge in [0.2, 0.25) is 0 Å². The average Bonchev–Trinajstić information content (AvgIpc) is 2.93. The third kappa shape index (κ3) is 1.09. The minimum Gasteiger partial charge on any atom is -0.382 e. The Bertz CT molecular complexity index is 534. The lowest BCUT2D eigenvalue weighted by Gasteiger charge is -2.26. The van der Waals surface area contributed by atoms with Crippen LogP contribution in [0.1, 0.15) is 12.8 Å². The molecule has 0 bridgehead atoms. The van der Waals surface area contributed by atoms with Crippen molar-refractivity contribution in [3.63, 3.8) is 0 Å². The van der Waals surface area contributed by atoms with Crippen LogP contribution in [0, 0.1) is 0 Å². The molecule has 3 rings (SSSR count). The second-order valence-corrected chi connectivity index (χ2v) is 6.84. The van der Waals surface area contributed by atoms with Crippen molar-refractivity contribution in [2.45, 2.75) is 22.5 Å². The number of nitrogens with one attached hydrogen (secondary N) is 1. The topological polar surface area (TPSA) is 46.2 Å². The summed E-state index contributed by atoms with van der Waals surface area (Å²) >= 11 is 5.96. The first-order chi connectivity index (χ1) is 7.07. The van der Waals surface area contributed by atoms with E-state index in [4.69, 9.17) is 11.6 Å². The van der Waals surface area contributed by atoms with Gasteiger partial charge in [-0.15, -0.1) is 0 Å². The maximum Gasteiger partial charge on any atom is 0.189 e. The van der Waals surface area contributed by atoms with Gasteiger partial charge >= 0.3 is 0 Å². The summed E-state index contributed by atoms with van der Waals surface area (Å²) in [4.78, 5) is 0.287. The summed E-state index contributed by atoms with van der Waals surface area (Å²) in [6.45, 7) is 0.517. The Morgan fingerprint density at radius 1 is 1.33 bits per heavy atom. The molecule has 1 aliphatic carbocycles. The zero-order valence-electron chi connectivity index (χ0n) is 7.96. The van der Waals surface area contributed by atoms with Gasteiger partial charge in [0.15, 0.2) is 9.84 Å². The zero-order chi connectivity index (χ0) is 10.7. The number of hydrogen-bond acceptors (Lipinski definition) is 3. The fraction of sp³-hybridized carbons (Fsp3) is 0.400. The van der Waals surface area contributed by atoms with Crippen LogP contribution in [0.15, 0.2) is 23.1 Å². The van der Waals surface area contributed by atoms with Crippen LogP contribution in [0.2, 0.25) is 5.02 Å². The van der Waals surface area contributed by atoms with Crippen LogP contribution in [0.25, 0.3) is 0 Å². The van der Waals surface area contributed by atoms with E-state index >= 15 is 0 Å². The third-order valence-electron chi connectivity index (χ3n) is 3.21. The second kappa shape index (κ2) is 2.68. The van der Waals surface area contributed by atoms with Crippen LogP contribution < -0.4 is 5.32 Å². The molecule has 1 aromatic carbocycles. The highest BCUT2D eigenvalue weighted by Gasteiger charge is 2.57. The first kappa shape index (κ1) is 9.48. The molecule has 0 atom stereocenters.